The molecule has 0 aromatic carbocycles. The lowest BCUT2D eigenvalue weighted by atomic mass is 10.4. The molecular formula is C8H12N4. The smallest absolute Gasteiger partial charge is 0.141 e. The second-order valence-corrected chi connectivity index (χ2v) is 3.09. The molecule has 0 aliphatic heterocycles. The van der Waals surface area contributed by atoms with Gasteiger partial charge in [-0.3, -0.25) is 4.98 Å². The number of aromatic nitrogens is 2. The molecule has 0 bridgehead atoms. The fourth-order valence-corrected chi connectivity index (χ4v) is 0.992. The number of hydrogen-bond acceptors (Lipinski definition) is 4. The molecule has 1 aromatic rings. The van der Waals surface area contributed by atoms with E-state index >= 15 is 0 Å². The minimum absolute atomic E-state index is 0.477. The summed E-state index contributed by atoms with van der Waals surface area (Å²) < 4.78 is 0. The van der Waals surface area contributed by atoms with Gasteiger partial charge < -0.3 is 11.1 Å². The molecule has 1 heterocycles. The summed E-state index contributed by atoms with van der Waals surface area (Å²) in [5.74, 6) is 0.477. The summed E-state index contributed by atoms with van der Waals surface area (Å²) >= 11 is 0. The zero-order valence-electron chi connectivity index (χ0n) is 6.83. The second-order valence-electron chi connectivity index (χ2n) is 3.09. The molecule has 1 aromatic heterocycles. The summed E-state index contributed by atoms with van der Waals surface area (Å²) in [6.45, 7) is 0.804. The number of nitrogen functional groups attached to an aromatic ring is 1. The van der Waals surface area contributed by atoms with Gasteiger partial charge in [0, 0.05) is 12.6 Å². The van der Waals surface area contributed by atoms with Crippen LogP contribution in [0.25, 0.3) is 0 Å². The monoisotopic (exact) mass is 164 g/mol. The summed E-state index contributed by atoms with van der Waals surface area (Å²) in [5.41, 5.74) is 6.36. The topological polar surface area (TPSA) is 63.8 Å². The van der Waals surface area contributed by atoms with E-state index in [4.69, 9.17) is 5.73 Å². The van der Waals surface area contributed by atoms with Gasteiger partial charge in [-0.15, -0.1) is 0 Å². The average Bonchev–Trinajstić information content (AvgIpc) is 2.87. The molecule has 1 aliphatic rings. The first-order chi connectivity index (χ1) is 5.84. The van der Waals surface area contributed by atoms with Crippen molar-refractivity contribution in [3.05, 3.63) is 18.1 Å². The number of nitrogens with two attached hydrogens (primary N) is 1. The van der Waals surface area contributed by atoms with Gasteiger partial charge in [0.2, 0.25) is 0 Å². The van der Waals surface area contributed by atoms with Gasteiger partial charge in [0.25, 0.3) is 0 Å². The average molecular weight is 164 g/mol. The second kappa shape index (κ2) is 3.06. The van der Waals surface area contributed by atoms with Crippen LogP contribution in [0, 0.1) is 0 Å². The van der Waals surface area contributed by atoms with E-state index in [1.165, 1.54) is 12.8 Å². The zero-order valence-corrected chi connectivity index (χ0v) is 6.83. The maximum Gasteiger partial charge on any atom is 0.141 e. The first kappa shape index (κ1) is 7.49. The van der Waals surface area contributed by atoms with E-state index in [0.29, 0.717) is 11.9 Å². The lowest BCUT2D eigenvalue weighted by molar-refractivity contribution is 0.672. The van der Waals surface area contributed by atoms with E-state index < -0.39 is 0 Å². The van der Waals surface area contributed by atoms with E-state index in [2.05, 4.69) is 15.3 Å². The largest absolute Gasteiger partial charge is 0.382 e. The highest BCUT2D eigenvalue weighted by molar-refractivity contribution is 5.22. The first-order valence-corrected chi connectivity index (χ1v) is 4.14. The summed E-state index contributed by atoms with van der Waals surface area (Å²) in [6, 6.07) is 0.712. The standard InChI is InChI=1S/C8H12N4/c9-8-5-11-7(4-12-8)3-10-6-1-2-6/h4-6,10H,1-3H2,(H2,9,12). The number of rotatable bonds is 3. The zero-order chi connectivity index (χ0) is 8.39. The van der Waals surface area contributed by atoms with Crippen LogP contribution >= 0.6 is 0 Å². The predicted molar refractivity (Wildman–Crippen MR) is 46.3 cm³/mol. The van der Waals surface area contributed by atoms with Gasteiger partial charge in [-0.1, -0.05) is 0 Å². The minimum atomic E-state index is 0.477. The van der Waals surface area contributed by atoms with E-state index in [1.807, 2.05) is 0 Å². The molecule has 1 saturated carbocycles. The molecule has 4 heteroatoms. The SMILES string of the molecule is Nc1cnc(CNC2CC2)cn1. The minimum Gasteiger partial charge on any atom is -0.382 e. The maximum absolute atomic E-state index is 5.40. The van der Waals surface area contributed by atoms with Gasteiger partial charge in [0.05, 0.1) is 18.1 Å². The van der Waals surface area contributed by atoms with Crippen molar-refractivity contribution >= 4 is 5.82 Å². The lowest BCUT2D eigenvalue weighted by Gasteiger charge is -2.00. The van der Waals surface area contributed by atoms with E-state index in [0.717, 1.165) is 12.2 Å². The van der Waals surface area contributed by atoms with Crippen LogP contribution < -0.4 is 11.1 Å². The van der Waals surface area contributed by atoms with Crippen molar-refractivity contribution in [2.24, 2.45) is 0 Å². The fraction of sp³-hybridized carbons (Fsp3) is 0.500. The third kappa shape index (κ3) is 1.92. The van der Waals surface area contributed by atoms with Gasteiger partial charge in [-0.05, 0) is 12.8 Å². The summed E-state index contributed by atoms with van der Waals surface area (Å²) in [6.07, 6.45) is 5.89. The molecule has 2 rings (SSSR count). The van der Waals surface area contributed by atoms with Crippen molar-refractivity contribution < 1.29 is 0 Å². The highest BCUT2D eigenvalue weighted by atomic mass is 15.0. The Morgan fingerprint density at radius 3 is 2.83 bits per heavy atom. The molecule has 4 nitrogen and oxygen atoms in total. The van der Waals surface area contributed by atoms with Crippen LogP contribution in [-0.4, -0.2) is 16.0 Å². The Bertz CT molecular complexity index is 252. The van der Waals surface area contributed by atoms with E-state index in [9.17, 15) is 0 Å². The number of anilines is 1. The van der Waals surface area contributed by atoms with Crippen LogP contribution in [0.3, 0.4) is 0 Å². The molecule has 0 unspecified atom stereocenters. The number of nitrogens with one attached hydrogen (secondary N) is 1. The van der Waals surface area contributed by atoms with Gasteiger partial charge in [0.1, 0.15) is 5.82 Å². The van der Waals surface area contributed by atoms with Crippen LogP contribution in [0.2, 0.25) is 0 Å². The predicted octanol–water partition coefficient (Wildman–Crippen LogP) is 0.311. The van der Waals surface area contributed by atoms with Crippen LogP contribution in [0.1, 0.15) is 18.5 Å². The molecule has 0 spiro atoms. The molecular weight excluding hydrogens is 152 g/mol. The van der Waals surface area contributed by atoms with Gasteiger partial charge in [0.15, 0.2) is 0 Å². The molecule has 1 fully saturated rings. The van der Waals surface area contributed by atoms with Crippen LogP contribution in [-0.2, 0) is 6.54 Å². The summed E-state index contributed by atoms with van der Waals surface area (Å²) in [7, 11) is 0. The maximum atomic E-state index is 5.40. The molecule has 0 atom stereocenters. The molecule has 0 saturated heterocycles. The quantitative estimate of drug-likeness (QED) is 0.675. The summed E-state index contributed by atoms with van der Waals surface area (Å²) in [5, 5.41) is 3.35. The number of nitrogens with zero attached hydrogens (tertiary/aromatic N) is 2. The third-order valence-corrected chi connectivity index (χ3v) is 1.87. The van der Waals surface area contributed by atoms with Gasteiger partial charge in [-0.25, -0.2) is 4.98 Å². The highest BCUT2D eigenvalue weighted by Crippen LogP contribution is 2.18. The van der Waals surface area contributed by atoms with Crippen molar-refractivity contribution in [1.29, 1.82) is 0 Å². The Morgan fingerprint density at radius 2 is 2.25 bits per heavy atom. The molecule has 0 radical (unpaired) electrons. The van der Waals surface area contributed by atoms with Gasteiger partial charge in [-0.2, -0.15) is 0 Å². The molecule has 3 N–H and O–H groups in total. The lowest BCUT2D eigenvalue weighted by Crippen LogP contribution is -2.16. The molecule has 0 amide bonds. The Hall–Kier alpha value is -1.16. The van der Waals surface area contributed by atoms with E-state index in [1.54, 1.807) is 12.4 Å². The molecule has 12 heavy (non-hydrogen) atoms. The van der Waals surface area contributed by atoms with Gasteiger partial charge >= 0.3 is 0 Å². The fourth-order valence-electron chi connectivity index (χ4n) is 0.992. The molecule has 64 valence electrons. The first-order valence-electron chi connectivity index (χ1n) is 4.14. The Balaban J connectivity index is 1.89. The van der Waals surface area contributed by atoms with Crippen LogP contribution in [0.5, 0.6) is 0 Å². The van der Waals surface area contributed by atoms with Crippen molar-refractivity contribution in [2.45, 2.75) is 25.4 Å². The van der Waals surface area contributed by atoms with Crippen LogP contribution in [0.15, 0.2) is 12.4 Å². The van der Waals surface area contributed by atoms with Crippen molar-refractivity contribution in [1.82, 2.24) is 15.3 Å². The van der Waals surface area contributed by atoms with Crippen molar-refractivity contribution in [2.75, 3.05) is 5.73 Å². The van der Waals surface area contributed by atoms with E-state index in [-0.39, 0.29) is 0 Å². The number of hydrogen-bond donors (Lipinski definition) is 2. The molecule has 1 aliphatic carbocycles. The Labute approximate surface area is 71.2 Å². The van der Waals surface area contributed by atoms with Crippen LogP contribution in [0.4, 0.5) is 5.82 Å². The summed E-state index contributed by atoms with van der Waals surface area (Å²) in [4.78, 5) is 8.08. The Kier molecular flexibility index (Phi) is 1.91. The van der Waals surface area contributed by atoms with Crippen molar-refractivity contribution in [3.8, 4) is 0 Å². The highest BCUT2D eigenvalue weighted by Gasteiger charge is 2.19. The third-order valence-electron chi connectivity index (χ3n) is 1.87. The Morgan fingerprint density at radius 1 is 1.42 bits per heavy atom. The van der Waals surface area contributed by atoms with Crippen molar-refractivity contribution in [3.63, 3.8) is 0 Å². The normalized spacial score (nSPS) is 16.3.